The molecule has 1 unspecified atom stereocenters. The molecule has 1 spiro atoms. The monoisotopic (exact) mass is 546 g/mol. The molecule has 5 rings (SSSR count). The van der Waals surface area contributed by atoms with Crippen molar-refractivity contribution in [3.05, 3.63) is 107 Å². The molecule has 2 aliphatic rings. The van der Waals surface area contributed by atoms with Crippen molar-refractivity contribution in [2.45, 2.75) is 18.8 Å². The fraction of sp³-hybridized carbons (Fsp3) is 0.148. The number of rotatable bonds is 5. The largest absolute Gasteiger partial charge is 0.461 e. The van der Waals surface area contributed by atoms with E-state index in [9.17, 15) is 4.79 Å². The number of thioether (sulfide) groups is 1. The van der Waals surface area contributed by atoms with Gasteiger partial charge in [0.05, 0.1) is 23.7 Å². The van der Waals surface area contributed by atoms with E-state index in [-0.39, 0.29) is 11.7 Å². The standard InChI is InChI=1S/C27H23BrN4O2S/c1-3-34-26(33)25-30-32(23-15-13-21(28)14-16-23)27(35-25)18-17-24(20-11-9-19(2)10-12-20)29-31(27)22-7-5-4-6-8-22/h4-18H,3H2,1-2H3. The fourth-order valence-corrected chi connectivity index (χ4v) is 5.28. The summed E-state index contributed by atoms with van der Waals surface area (Å²) in [6.07, 6.45) is 4.04. The van der Waals surface area contributed by atoms with Gasteiger partial charge in [-0.1, -0.05) is 64.0 Å². The lowest BCUT2D eigenvalue weighted by Gasteiger charge is -2.43. The average Bonchev–Trinajstić information content (AvgIpc) is 3.26. The number of para-hydroxylation sites is 1. The Morgan fingerprint density at radius 2 is 1.60 bits per heavy atom. The van der Waals surface area contributed by atoms with Crippen LogP contribution in [0.2, 0.25) is 0 Å². The number of hydrazone groups is 2. The Labute approximate surface area is 217 Å². The predicted molar refractivity (Wildman–Crippen MR) is 147 cm³/mol. The summed E-state index contributed by atoms with van der Waals surface area (Å²) < 4.78 is 6.26. The number of benzene rings is 3. The van der Waals surface area contributed by atoms with Crippen molar-refractivity contribution in [1.82, 2.24) is 0 Å². The summed E-state index contributed by atoms with van der Waals surface area (Å²) in [5.41, 5.74) is 4.70. The van der Waals surface area contributed by atoms with E-state index >= 15 is 0 Å². The lowest BCUT2D eigenvalue weighted by molar-refractivity contribution is -0.134. The minimum atomic E-state index is -0.939. The Bertz CT molecular complexity index is 1320. The lowest BCUT2D eigenvalue weighted by Crippen LogP contribution is -2.53. The number of anilines is 2. The minimum absolute atomic E-state index is 0.273. The van der Waals surface area contributed by atoms with E-state index in [1.165, 1.54) is 17.3 Å². The van der Waals surface area contributed by atoms with Gasteiger partial charge in [-0.25, -0.2) is 14.8 Å². The highest BCUT2D eigenvalue weighted by Gasteiger charge is 2.51. The van der Waals surface area contributed by atoms with E-state index in [0.29, 0.717) is 0 Å². The zero-order chi connectivity index (χ0) is 24.4. The Kier molecular flexibility index (Phi) is 6.49. The van der Waals surface area contributed by atoms with Crippen molar-refractivity contribution >= 4 is 55.8 Å². The van der Waals surface area contributed by atoms with Crippen LogP contribution in [0.1, 0.15) is 18.1 Å². The van der Waals surface area contributed by atoms with Crippen LogP contribution in [0.25, 0.3) is 0 Å². The second kappa shape index (κ2) is 9.71. The Balaban J connectivity index is 1.65. The van der Waals surface area contributed by atoms with E-state index in [4.69, 9.17) is 14.9 Å². The molecule has 0 amide bonds. The first kappa shape index (κ1) is 23.4. The Morgan fingerprint density at radius 1 is 0.943 bits per heavy atom. The molecule has 0 N–H and O–H groups in total. The molecule has 0 saturated carbocycles. The summed E-state index contributed by atoms with van der Waals surface area (Å²) in [5.74, 6) is -0.453. The number of hydrogen-bond acceptors (Lipinski definition) is 7. The summed E-state index contributed by atoms with van der Waals surface area (Å²) >= 11 is 4.82. The van der Waals surface area contributed by atoms with Crippen LogP contribution in [0.4, 0.5) is 11.4 Å². The second-order valence-corrected chi connectivity index (χ2v) is 10.1. The van der Waals surface area contributed by atoms with E-state index in [1.807, 2.05) is 76.8 Å². The number of carbonyl (C=O) groups is 1. The van der Waals surface area contributed by atoms with Crippen LogP contribution >= 0.6 is 27.7 Å². The molecule has 0 radical (unpaired) electrons. The first-order valence-corrected chi connectivity index (χ1v) is 12.8. The Hall–Kier alpha value is -3.36. The summed E-state index contributed by atoms with van der Waals surface area (Å²) in [5, 5.41) is 13.8. The SMILES string of the molecule is CCOC(=O)C1=NN(c2ccc(Br)cc2)C2(C=CC(c3ccc(C)cc3)=NN2c2ccccc2)S1. The molecule has 1 atom stereocenters. The third-order valence-electron chi connectivity index (χ3n) is 5.58. The molecule has 35 heavy (non-hydrogen) atoms. The van der Waals surface area contributed by atoms with Crippen LogP contribution in [0.5, 0.6) is 0 Å². The maximum absolute atomic E-state index is 12.8. The van der Waals surface area contributed by atoms with E-state index in [1.54, 1.807) is 6.92 Å². The number of halogens is 1. The molecule has 0 bridgehead atoms. The zero-order valence-corrected chi connectivity index (χ0v) is 21.7. The molecule has 3 aromatic carbocycles. The van der Waals surface area contributed by atoms with Gasteiger partial charge in [0.15, 0.2) is 0 Å². The molecule has 3 aromatic rings. The van der Waals surface area contributed by atoms with Gasteiger partial charge < -0.3 is 4.74 Å². The van der Waals surface area contributed by atoms with Gasteiger partial charge in [0.1, 0.15) is 0 Å². The fourth-order valence-electron chi connectivity index (χ4n) is 3.87. The predicted octanol–water partition coefficient (Wildman–Crippen LogP) is 6.32. The van der Waals surface area contributed by atoms with Crippen LogP contribution in [-0.4, -0.2) is 28.3 Å². The third kappa shape index (κ3) is 4.51. The summed E-state index contributed by atoms with van der Waals surface area (Å²) in [4.78, 5) is 11.8. The van der Waals surface area contributed by atoms with Gasteiger partial charge >= 0.3 is 5.97 Å². The quantitative estimate of drug-likeness (QED) is 0.350. The highest BCUT2D eigenvalue weighted by molar-refractivity contribution is 9.10. The molecule has 0 fully saturated rings. The number of nitrogens with zero attached hydrogens (tertiary/aromatic N) is 4. The molecule has 0 aliphatic carbocycles. The maximum atomic E-state index is 12.8. The molecular formula is C27H23BrN4O2S. The number of aryl methyl sites for hydroxylation is 1. The van der Waals surface area contributed by atoms with Crippen molar-refractivity contribution in [2.24, 2.45) is 10.2 Å². The second-order valence-electron chi connectivity index (χ2n) is 8.01. The molecule has 0 aromatic heterocycles. The molecule has 2 heterocycles. The lowest BCUT2D eigenvalue weighted by atomic mass is 10.1. The van der Waals surface area contributed by atoms with E-state index in [0.717, 1.165) is 27.1 Å². The number of hydrogen-bond donors (Lipinski definition) is 0. The van der Waals surface area contributed by atoms with Gasteiger partial charge in [-0.15, -0.1) is 0 Å². The highest BCUT2D eigenvalue weighted by atomic mass is 79.9. The van der Waals surface area contributed by atoms with Gasteiger partial charge in [0, 0.05) is 10.0 Å². The molecule has 8 heteroatoms. The highest BCUT2D eigenvalue weighted by Crippen LogP contribution is 2.48. The van der Waals surface area contributed by atoms with Crippen LogP contribution < -0.4 is 10.0 Å². The molecule has 2 aliphatic heterocycles. The van der Waals surface area contributed by atoms with E-state index < -0.39 is 11.0 Å². The average molecular weight is 547 g/mol. The van der Waals surface area contributed by atoms with Crippen LogP contribution in [0, 0.1) is 6.92 Å². The van der Waals surface area contributed by atoms with Crippen molar-refractivity contribution in [1.29, 1.82) is 0 Å². The molecular weight excluding hydrogens is 524 g/mol. The van der Waals surface area contributed by atoms with Crippen LogP contribution in [0.3, 0.4) is 0 Å². The number of esters is 1. The summed E-state index contributed by atoms with van der Waals surface area (Å²) in [6.45, 7) is 4.13. The van der Waals surface area contributed by atoms with Gasteiger partial charge in [-0.05, 0) is 74.2 Å². The Morgan fingerprint density at radius 3 is 2.29 bits per heavy atom. The maximum Gasteiger partial charge on any atom is 0.365 e. The number of ether oxygens (including phenoxy) is 1. The van der Waals surface area contributed by atoms with Crippen LogP contribution in [0.15, 0.2) is 106 Å². The van der Waals surface area contributed by atoms with Gasteiger partial charge in [-0.2, -0.15) is 10.2 Å². The topological polar surface area (TPSA) is 57.5 Å². The van der Waals surface area contributed by atoms with Crippen molar-refractivity contribution in [3.63, 3.8) is 0 Å². The smallest absolute Gasteiger partial charge is 0.365 e. The summed E-state index contributed by atoms with van der Waals surface area (Å²) in [6, 6.07) is 26.0. The molecule has 6 nitrogen and oxygen atoms in total. The van der Waals surface area contributed by atoms with Gasteiger partial charge in [0.25, 0.3) is 0 Å². The minimum Gasteiger partial charge on any atom is -0.461 e. The number of carbonyl (C=O) groups excluding carboxylic acids is 1. The van der Waals surface area contributed by atoms with Crippen LogP contribution in [-0.2, 0) is 9.53 Å². The normalized spacial score (nSPS) is 19.1. The first-order valence-electron chi connectivity index (χ1n) is 11.2. The summed E-state index contributed by atoms with van der Waals surface area (Å²) in [7, 11) is 0. The third-order valence-corrected chi connectivity index (χ3v) is 7.33. The van der Waals surface area contributed by atoms with Gasteiger partial charge in [0.2, 0.25) is 10.0 Å². The van der Waals surface area contributed by atoms with Crippen molar-refractivity contribution in [3.8, 4) is 0 Å². The van der Waals surface area contributed by atoms with Crippen molar-refractivity contribution < 1.29 is 9.53 Å². The zero-order valence-electron chi connectivity index (χ0n) is 19.3. The van der Waals surface area contributed by atoms with Crippen molar-refractivity contribution in [2.75, 3.05) is 16.6 Å². The number of allylic oxidation sites excluding steroid dienone is 1. The van der Waals surface area contributed by atoms with Gasteiger partial charge in [-0.3, -0.25) is 0 Å². The molecule has 0 saturated heterocycles. The van der Waals surface area contributed by atoms with E-state index in [2.05, 4.69) is 47.1 Å². The molecule has 176 valence electrons. The first-order chi connectivity index (χ1) is 17.0.